The Balaban J connectivity index is 1.70. The molecule has 0 unspecified atom stereocenters. The second-order valence-electron chi connectivity index (χ2n) is 5.99. The molecule has 3 amide bonds. The van der Waals surface area contributed by atoms with E-state index < -0.39 is 18.0 Å². The predicted octanol–water partition coefficient (Wildman–Crippen LogP) is 0.695. The molecule has 0 saturated carbocycles. The van der Waals surface area contributed by atoms with Gasteiger partial charge in [0.15, 0.2) is 0 Å². The second kappa shape index (κ2) is 7.25. The van der Waals surface area contributed by atoms with Crippen molar-refractivity contribution in [2.45, 2.75) is 18.9 Å². The van der Waals surface area contributed by atoms with Crippen molar-refractivity contribution >= 4 is 28.8 Å². The molecule has 0 bridgehead atoms. The molecule has 1 fully saturated rings. The number of carbonyl (C=O) groups excluding carboxylic acids is 2. The molecule has 3 rings (SSSR count). The van der Waals surface area contributed by atoms with Gasteiger partial charge in [-0.2, -0.15) is 0 Å². The number of benzene rings is 1. The van der Waals surface area contributed by atoms with Crippen molar-refractivity contribution in [3.8, 4) is 0 Å². The first-order chi connectivity index (χ1) is 12.0. The largest absolute Gasteiger partial charge is 0.480 e. The summed E-state index contributed by atoms with van der Waals surface area (Å²) in [6.07, 6.45) is 2.16. The summed E-state index contributed by atoms with van der Waals surface area (Å²) >= 11 is 0. The first-order valence-corrected chi connectivity index (χ1v) is 8.14. The third kappa shape index (κ3) is 3.90. The van der Waals surface area contributed by atoms with Crippen molar-refractivity contribution in [2.24, 2.45) is 0 Å². The SMILES string of the molecule is O=C1CCN(C(=O)N[C@@H](Cc2c[nH]c3ccccc23)C(=O)O)CCN1. The highest BCUT2D eigenvalue weighted by Gasteiger charge is 2.25. The average molecular weight is 344 g/mol. The van der Waals surface area contributed by atoms with Gasteiger partial charge in [-0.25, -0.2) is 9.59 Å². The average Bonchev–Trinajstić information content (AvgIpc) is 2.86. The van der Waals surface area contributed by atoms with E-state index in [1.165, 1.54) is 4.90 Å². The van der Waals surface area contributed by atoms with Crippen LogP contribution in [0.5, 0.6) is 0 Å². The minimum absolute atomic E-state index is 0.108. The topological polar surface area (TPSA) is 115 Å². The lowest BCUT2D eigenvalue weighted by atomic mass is 10.1. The Morgan fingerprint density at radius 2 is 2.08 bits per heavy atom. The summed E-state index contributed by atoms with van der Waals surface area (Å²) < 4.78 is 0. The molecule has 8 nitrogen and oxygen atoms in total. The van der Waals surface area contributed by atoms with Gasteiger partial charge in [0.2, 0.25) is 5.91 Å². The number of para-hydroxylation sites is 1. The minimum Gasteiger partial charge on any atom is -0.480 e. The Morgan fingerprint density at radius 3 is 2.88 bits per heavy atom. The molecular weight excluding hydrogens is 324 g/mol. The van der Waals surface area contributed by atoms with Crippen LogP contribution in [-0.4, -0.2) is 58.6 Å². The Bertz CT molecular complexity index is 801. The van der Waals surface area contributed by atoms with E-state index in [-0.39, 0.29) is 25.3 Å². The molecule has 1 aromatic carbocycles. The fourth-order valence-corrected chi connectivity index (χ4v) is 2.93. The van der Waals surface area contributed by atoms with Crippen LogP contribution in [0.2, 0.25) is 0 Å². The van der Waals surface area contributed by atoms with Crippen molar-refractivity contribution < 1.29 is 19.5 Å². The molecular formula is C17H20N4O4. The van der Waals surface area contributed by atoms with Gasteiger partial charge >= 0.3 is 12.0 Å². The van der Waals surface area contributed by atoms with Crippen molar-refractivity contribution in [2.75, 3.05) is 19.6 Å². The van der Waals surface area contributed by atoms with Crippen molar-refractivity contribution in [3.05, 3.63) is 36.0 Å². The molecule has 25 heavy (non-hydrogen) atoms. The zero-order valence-electron chi connectivity index (χ0n) is 13.6. The van der Waals surface area contributed by atoms with Gasteiger partial charge in [-0.1, -0.05) is 18.2 Å². The summed E-state index contributed by atoms with van der Waals surface area (Å²) in [5.74, 6) is -1.20. The van der Waals surface area contributed by atoms with E-state index >= 15 is 0 Å². The van der Waals surface area contributed by atoms with Gasteiger partial charge in [0, 0.05) is 49.6 Å². The van der Waals surface area contributed by atoms with Gasteiger partial charge in [-0.05, 0) is 11.6 Å². The predicted molar refractivity (Wildman–Crippen MR) is 91.2 cm³/mol. The van der Waals surface area contributed by atoms with Crippen LogP contribution in [0.4, 0.5) is 4.79 Å². The van der Waals surface area contributed by atoms with Crippen LogP contribution in [0, 0.1) is 0 Å². The van der Waals surface area contributed by atoms with Gasteiger partial charge in [0.25, 0.3) is 0 Å². The van der Waals surface area contributed by atoms with E-state index in [4.69, 9.17) is 0 Å². The Hall–Kier alpha value is -3.03. The molecule has 1 aliphatic heterocycles. The van der Waals surface area contributed by atoms with Crippen LogP contribution in [0.15, 0.2) is 30.5 Å². The van der Waals surface area contributed by atoms with E-state index in [0.717, 1.165) is 16.5 Å². The van der Waals surface area contributed by atoms with Crippen LogP contribution < -0.4 is 10.6 Å². The second-order valence-corrected chi connectivity index (χ2v) is 5.99. The normalized spacial score (nSPS) is 16.2. The fraction of sp³-hybridized carbons (Fsp3) is 0.353. The number of carboxylic acid groups (broad SMARTS) is 1. The number of rotatable bonds is 4. The molecule has 0 radical (unpaired) electrons. The number of carbonyl (C=O) groups is 3. The molecule has 1 aromatic heterocycles. The Morgan fingerprint density at radius 1 is 1.28 bits per heavy atom. The summed E-state index contributed by atoms with van der Waals surface area (Å²) in [7, 11) is 0. The van der Waals surface area contributed by atoms with Crippen molar-refractivity contribution in [3.63, 3.8) is 0 Å². The molecule has 1 atom stereocenters. The minimum atomic E-state index is -1.09. The van der Waals surface area contributed by atoms with Crippen molar-refractivity contribution in [1.29, 1.82) is 0 Å². The number of carboxylic acids is 1. The standard InChI is InChI=1S/C17H20N4O4/c22-15-5-7-21(8-6-18-15)17(25)20-14(16(23)24)9-11-10-19-13-4-2-1-3-12(11)13/h1-4,10,14,19H,5-9H2,(H,18,22)(H,20,25)(H,23,24)/t14-/m0/s1. The maximum atomic E-state index is 12.4. The maximum absolute atomic E-state index is 12.4. The molecule has 0 aliphatic carbocycles. The highest BCUT2D eigenvalue weighted by molar-refractivity contribution is 5.86. The zero-order valence-corrected chi connectivity index (χ0v) is 13.6. The number of aromatic amines is 1. The molecule has 1 saturated heterocycles. The number of aromatic nitrogens is 1. The van der Waals surface area contributed by atoms with E-state index in [2.05, 4.69) is 15.6 Å². The third-order valence-corrected chi connectivity index (χ3v) is 4.29. The highest BCUT2D eigenvalue weighted by atomic mass is 16.4. The third-order valence-electron chi connectivity index (χ3n) is 4.29. The lowest BCUT2D eigenvalue weighted by Gasteiger charge is -2.23. The van der Waals surface area contributed by atoms with Gasteiger partial charge < -0.3 is 25.6 Å². The number of amides is 3. The summed E-state index contributed by atoms with van der Waals surface area (Å²) in [5, 5.41) is 15.7. The summed E-state index contributed by atoms with van der Waals surface area (Å²) in [4.78, 5) is 39.9. The molecule has 8 heteroatoms. The number of aliphatic carboxylic acids is 1. The molecule has 132 valence electrons. The van der Waals surface area contributed by atoms with Crippen LogP contribution in [0.3, 0.4) is 0 Å². The number of nitrogens with zero attached hydrogens (tertiary/aromatic N) is 1. The van der Waals surface area contributed by atoms with E-state index in [1.54, 1.807) is 6.20 Å². The van der Waals surface area contributed by atoms with Gasteiger partial charge in [0.05, 0.1) is 0 Å². The highest BCUT2D eigenvalue weighted by Crippen LogP contribution is 2.19. The molecule has 1 aliphatic rings. The number of H-pyrrole nitrogens is 1. The number of fused-ring (bicyclic) bond motifs is 1. The summed E-state index contributed by atoms with van der Waals surface area (Å²) in [6, 6.07) is 6.09. The van der Waals surface area contributed by atoms with Crippen molar-refractivity contribution in [1.82, 2.24) is 20.5 Å². The van der Waals surface area contributed by atoms with Gasteiger partial charge in [-0.15, -0.1) is 0 Å². The van der Waals surface area contributed by atoms with E-state index in [1.807, 2.05) is 24.3 Å². The first-order valence-electron chi connectivity index (χ1n) is 8.14. The molecule has 2 heterocycles. The molecule has 4 N–H and O–H groups in total. The van der Waals surface area contributed by atoms with E-state index in [0.29, 0.717) is 13.1 Å². The fourth-order valence-electron chi connectivity index (χ4n) is 2.93. The molecule has 2 aromatic rings. The quantitative estimate of drug-likeness (QED) is 0.653. The van der Waals surface area contributed by atoms with Crippen LogP contribution >= 0.6 is 0 Å². The van der Waals surface area contributed by atoms with Gasteiger partial charge in [0.1, 0.15) is 6.04 Å². The van der Waals surface area contributed by atoms with Crippen LogP contribution in [0.1, 0.15) is 12.0 Å². The van der Waals surface area contributed by atoms with Gasteiger partial charge in [-0.3, -0.25) is 4.79 Å². The van der Waals surface area contributed by atoms with Crippen LogP contribution in [-0.2, 0) is 16.0 Å². The summed E-state index contributed by atoms with van der Waals surface area (Å²) in [6.45, 7) is 1.00. The lowest BCUT2D eigenvalue weighted by Crippen LogP contribution is -2.49. The van der Waals surface area contributed by atoms with Crippen LogP contribution in [0.25, 0.3) is 10.9 Å². The summed E-state index contributed by atoms with van der Waals surface area (Å²) in [5.41, 5.74) is 1.75. The Labute approximate surface area is 144 Å². The molecule has 0 spiro atoms. The number of nitrogens with one attached hydrogen (secondary N) is 3. The zero-order chi connectivity index (χ0) is 17.8. The number of urea groups is 1. The smallest absolute Gasteiger partial charge is 0.326 e. The number of hydrogen-bond acceptors (Lipinski definition) is 3. The monoisotopic (exact) mass is 344 g/mol. The number of hydrogen-bond donors (Lipinski definition) is 4. The Kier molecular flexibility index (Phi) is 4.87. The van der Waals surface area contributed by atoms with E-state index in [9.17, 15) is 19.5 Å². The lowest BCUT2D eigenvalue weighted by molar-refractivity contribution is -0.139. The maximum Gasteiger partial charge on any atom is 0.326 e. The first kappa shape index (κ1) is 16.8.